The van der Waals surface area contributed by atoms with Crippen molar-refractivity contribution in [2.24, 2.45) is 0 Å². The van der Waals surface area contributed by atoms with Gasteiger partial charge in [-0.15, -0.1) is 0 Å². The van der Waals surface area contributed by atoms with Crippen LogP contribution in [0.1, 0.15) is 18.4 Å². The van der Waals surface area contributed by atoms with E-state index in [0.717, 1.165) is 51.1 Å². The Hall–Kier alpha value is -1.39. The third-order valence-electron chi connectivity index (χ3n) is 4.08. The highest BCUT2D eigenvalue weighted by Gasteiger charge is 2.28. The van der Waals surface area contributed by atoms with Gasteiger partial charge in [-0.2, -0.15) is 0 Å². The number of anilines is 1. The Kier molecular flexibility index (Phi) is 3.80. The molecule has 2 heterocycles. The van der Waals surface area contributed by atoms with Crippen molar-refractivity contribution in [2.75, 3.05) is 31.5 Å². The average Bonchev–Trinajstić information content (AvgIpc) is 2.77. The molecule has 1 fully saturated rings. The molecule has 1 atom stereocenters. The fraction of sp³-hybridized carbons (Fsp3) is 0.533. The van der Waals surface area contributed by atoms with Gasteiger partial charge in [0, 0.05) is 25.3 Å². The predicted octanol–water partition coefficient (Wildman–Crippen LogP) is 1.24. The van der Waals surface area contributed by atoms with E-state index in [4.69, 9.17) is 0 Å². The highest BCUT2D eigenvalue weighted by atomic mass is 16.2. The van der Waals surface area contributed by atoms with Gasteiger partial charge in [0.15, 0.2) is 0 Å². The molecule has 2 aliphatic rings. The highest BCUT2D eigenvalue weighted by molar-refractivity contribution is 5.96. The molecule has 0 aliphatic carbocycles. The normalized spacial score (nSPS) is 25.1. The summed E-state index contributed by atoms with van der Waals surface area (Å²) in [6, 6.07) is 8.16. The molecule has 19 heavy (non-hydrogen) atoms. The molecule has 0 saturated carbocycles. The first-order valence-electron chi connectivity index (χ1n) is 7.18. The van der Waals surface area contributed by atoms with Crippen LogP contribution in [-0.2, 0) is 11.2 Å². The Bertz CT molecular complexity index is 452. The number of amides is 1. The van der Waals surface area contributed by atoms with Crippen LogP contribution in [0.3, 0.4) is 0 Å². The van der Waals surface area contributed by atoms with Crippen molar-refractivity contribution >= 4 is 11.6 Å². The molecule has 2 N–H and O–H groups in total. The van der Waals surface area contributed by atoms with E-state index in [1.54, 1.807) is 0 Å². The molecule has 0 aromatic heterocycles. The molecule has 3 rings (SSSR count). The molecule has 2 aliphatic heterocycles. The van der Waals surface area contributed by atoms with Crippen LogP contribution in [0, 0.1) is 0 Å². The molecule has 1 aromatic rings. The zero-order chi connectivity index (χ0) is 13.1. The van der Waals surface area contributed by atoms with Gasteiger partial charge in [-0.3, -0.25) is 9.69 Å². The fourth-order valence-corrected chi connectivity index (χ4v) is 3.03. The van der Waals surface area contributed by atoms with Crippen molar-refractivity contribution in [1.29, 1.82) is 0 Å². The van der Waals surface area contributed by atoms with Gasteiger partial charge in [0.1, 0.15) is 0 Å². The summed E-state index contributed by atoms with van der Waals surface area (Å²) in [6.07, 6.45) is 3.02. The SMILES string of the molecule is O=C1Nc2ccccc2CCC1N1CCCNCC1. The van der Waals surface area contributed by atoms with E-state index in [-0.39, 0.29) is 11.9 Å². The third kappa shape index (κ3) is 2.80. The molecule has 4 heteroatoms. The summed E-state index contributed by atoms with van der Waals surface area (Å²) in [7, 11) is 0. The van der Waals surface area contributed by atoms with E-state index in [9.17, 15) is 4.79 Å². The Labute approximate surface area is 114 Å². The molecule has 1 amide bonds. The van der Waals surface area contributed by atoms with E-state index >= 15 is 0 Å². The summed E-state index contributed by atoms with van der Waals surface area (Å²) in [4.78, 5) is 14.7. The monoisotopic (exact) mass is 259 g/mol. The van der Waals surface area contributed by atoms with Crippen LogP contribution >= 0.6 is 0 Å². The van der Waals surface area contributed by atoms with Crippen LogP contribution < -0.4 is 10.6 Å². The summed E-state index contributed by atoms with van der Waals surface area (Å²) in [5.74, 6) is 0.159. The molecule has 102 valence electrons. The molecule has 1 aromatic carbocycles. The number of aryl methyl sites for hydroxylation is 1. The topological polar surface area (TPSA) is 44.4 Å². The predicted molar refractivity (Wildman–Crippen MR) is 76.2 cm³/mol. The van der Waals surface area contributed by atoms with Gasteiger partial charge in [0.2, 0.25) is 5.91 Å². The number of nitrogens with zero attached hydrogens (tertiary/aromatic N) is 1. The first-order valence-corrected chi connectivity index (χ1v) is 7.18. The van der Waals surface area contributed by atoms with Crippen molar-refractivity contribution in [3.05, 3.63) is 29.8 Å². The highest BCUT2D eigenvalue weighted by Crippen LogP contribution is 2.23. The molecule has 0 radical (unpaired) electrons. The smallest absolute Gasteiger partial charge is 0.241 e. The number of carbonyl (C=O) groups is 1. The van der Waals surface area contributed by atoms with E-state index in [2.05, 4.69) is 21.6 Å². The number of benzene rings is 1. The number of hydrogen-bond acceptors (Lipinski definition) is 3. The lowest BCUT2D eigenvalue weighted by atomic mass is 10.0. The molecule has 0 bridgehead atoms. The van der Waals surface area contributed by atoms with Gasteiger partial charge in [-0.25, -0.2) is 0 Å². The Balaban J connectivity index is 1.76. The molecule has 4 nitrogen and oxygen atoms in total. The Morgan fingerprint density at radius 3 is 3.00 bits per heavy atom. The lowest BCUT2D eigenvalue weighted by Gasteiger charge is -2.27. The second kappa shape index (κ2) is 5.72. The number of carbonyl (C=O) groups excluding carboxylic acids is 1. The standard InChI is InChI=1S/C15H21N3O/c19-15-14(18-10-3-8-16-9-11-18)7-6-12-4-1-2-5-13(12)17-15/h1-2,4-5,14,16H,3,6-11H2,(H,17,19). The van der Waals surface area contributed by atoms with Crippen LogP contribution in [0.2, 0.25) is 0 Å². The number of nitrogens with one attached hydrogen (secondary N) is 2. The van der Waals surface area contributed by atoms with Crippen molar-refractivity contribution in [2.45, 2.75) is 25.3 Å². The summed E-state index contributed by atoms with van der Waals surface area (Å²) in [5.41, 5.74) is 2.24. The van der Waals surface area contributed by atoms with Gasteiger partial charge in [0.05, 0.1) is 6.04 Å². The molecular weight excluding hydrogens is 238 g/mol. The molecule has 0 spiro atoms. The largest absolute Gasteiger partial charge is 0.324 e. The van der Waals surface area contributed by atoms with E-state index < -0.39 is 0 Å². The lowest BCUT2D eigenvalue weighted by Crippen LogP contribution is -2.45. The van der Waals surface area contributed by atoms with Crippen LogP contribution in [0.15, 0.2) is 24.3 Å². The second-order valence-corrected chi connectivity index (χ2v) is 5.34. The summed E-state index contributed by atoms with van der Waals surface area (Å²) >= 11 is 0. The van der Waals surface area contributed by atoms with Crippen LogP contribution in [-0.4, -0.2) is 43.0 Å². The second-order valence-electron chi connectivity index (χ2n) is 5.34. The van der Waals surface area contributed by atoms with Gasteiger partial charge >= 0.3 is 0 Å². The van der Waals surface area contributed by atoms with Gasteiger partial charge < -0.3 is 10.6 Å². The summed E-state index contributed by atoms with van der Waals surface area (Å²) in [5, 5.41) is 6.48. The van der Waals surface area contributed by atoms with Crippen LogP contribution in [0.4, 0.5) is 5.69 Å². The fourth-order valence-electron chi connectivity index (χ4n) is 3.03. The van der Waals surface area contributed by atoms with E-state index in [1.165, 1.54) is 5.56 Å². The zero-order valence-corrected chi connectivity index (χ0v) is 11.2. The van der Waals surface area contributed by atoms with Gasteiger partial charge in [0.25, 0.3) is 0 Å². The number of fused-ring (bicyclic) bond motifs is 1. The van der Waals surface area contributed by atoms with E-state index in [1.807, 2.05) is 18.2 Å². The zero-order valence-electron chi connectivity index (χ0n) is 11.2. The van der Waals surface area contributed by atoms with E-state index in [0.29, 0.717) is 0 Å². The number of rotatable bonds is 1. The first kappa shape index (κ1) is 12.6. The maximum absolute atomic E-state index is 12.4. The van der Waals surface area contributed by atoms with Gasteiger partial charge in [-0.1, -0.05) is 18.2 Å². The van der Waals surface area contributed by atoms with Crippen molar-refractivity contribution < 1.29 is 4.79 Å². The van der Waals surface area contributed by atoms with Gasteiger partial charge in [-0.05, 0) is 37.4 Å². The molecule has 1 saturated heterocycles. The lowest BCUT2D eigenvalue weighted by molar-refractivity contribution is -0.121. The molecule has 1 unspecified atom stereocenters. The molecular formula is C15H21N3O. The minimum Gasteiger partial charge on any atom is -0.324 e. The Morgan fingerprint density at radius 2 is 2.05 bits per heavy atom. The van der Waals surface area contributed by atoms with Crippen LogP contribution in [0.25, 0.3) is 0 Å². The summed E-state index contributed by atoms with van der Waals surface area (Å²) < 4.78 is 0. The maximum atomic E-state index is 12.4. The van der Waals surface area contributed by atoms with Crippen molar-refractivity contribution in [1.82, 2.24) is 10.2 Å². The minimum absolute atomic E-state index is 0.0206. The summed E-state index contributed by atoms with van der Waals surface area (Å²) in [6.45, 7) is 4.03. The number of para-hydroxylation sites is 1. The number of hydrogen-bond donors (Lipinski definition) is 2. The third-order valence-corrected chi connectivity index (χ3v) is 4.08. The first-order chi connectivity index (χ1) is 9.34. The Morgan fingerprint density at radius 1 is 1.16 bits per heavy atom. The maximum Gasteiger partial charge on any atom is 0.241 e. The van der Waals surface area contributed by atoms with Crippen molar-refractivity contribution in [3.8, 4) is 0 Å². The van der Waals surface area contributed by atoms with Crippen LogP contribution in [0.5, 0.6) is 0 Å². The minimum atomic E-state index is 0.0206. The average molecular weight is 259 g/mol. The quantitative estimate of drug-likeness (QED) is 0.797. The van der Waals surface area contributed by atoms with Crippen molar-refractivity contribution in [3.63, 3.8) is 0 Å².